The van der Waals surface area contributed by atoms with Gasteiger partial charge in [0.2, 0.25) is 5.28 Å². The van der Waals surface area contributed by atoms with E-state index in [0.29, 0.717) is 16.3 Å². The van der Waals surface area contributed by atoms with Gasteiger partial charge in [-0.25, -0.2) is 9.78 Å². The molecule has 2 fully saturated rings. The van der Waals surface area contributed by atoms with Crippen LogP contribution in [0.5, 0.6) is 0 Å². The Balaban J connectivity index is 1.82. The first-order valence-corrected chi connectivity index (χ1v) is 11.1. The Morgan fingerprint density at radius 1 is 1.29 bits per heavy atom. The Morgan fingerprint density at radius 3 is 2.68 bits per heavy atom. The Labute approximate surface area is 175 Å². The van der Waals surface area contributed by atoms with E-state index in [1.807, 2.05) is 20.8 Å². The first-order valence-electron chi connectivity index (χ1n) is 9.92. The molecule has 4 rings (SSSR count). The van der Waals surface area contributed by atoms with E-state index >= 15 is 0 Å². The number of rotatable bonds is 3. The van der Waals surface area contributed by atoms with Crippen LogP contribution < -0.4 is 4.90 Å². The molecule has 1 aliphatic carbocycles. The van der Waals surface area contributed by atoms with Gasteiger partial charge in [-0.3, -0.25) is 0 Å². The van der Waals surface area contributed by atoms with Crippen LogP contribution >= 0.6 is 22.9 Å². The van der Waals surface area contributed by atoms with E-state index in [1.54, 1.807) is 0 Å². The average Bonchev–Trinajstić information content (AvgIpc) is 2.98. The normalized spacial score (nSPS) is 26.3. The van der Waals surface area contributed by atoms with Crippen molar-refractivity contribution in [3.05, 3.63) is 15.7 Å². The van der Waals surface area contributed by atoms with Crippen molar-refractivity contribution >= 4 is 44.9 Å². The van der Waals surface area contributed by atoms with Crippen molar-refractivity contribution in [3.8, 4) is 0 Å². The molecule has 28 heavy (non-hydrogen) atoms. The largest absolute Gasteiger partial charge is 0.459 e. The molecule has 5 nitrogen and oxygen atoms in total. The molecule has 0 spiro atoms. The second-order valence-electron chi connectivity index (χ2n) is 9.85. The van der Waals surface area contributed by atoms with E-state index in [9.17, 15) is 4.79 Å². The summed E-state index contributed by atoms with van der Waals surface area (Å²) < 4.78 is 5.43. The summed E-state index contributed by atoms with van der Waals surface area (Å²) in [7, 11) is 0. The number of aromatic nitrogens is 2. The number of hydrogen-bond donors (Lipinski definition) is 0. The van der Waals surface area contributed by atoms with Crippen LogP contribution in [0.1, 0.15) is 69.1 Å². The lowest BCUT2D eigenvalue weighted by molar-refractivity contribution is 0.0383. The van der Waals surface area contributed by atoms with Gasteiger partial charge >= 0.3 is 5.97 Å². The summed E-state index contributed by atoms with van der Waals surface area (Å²) in [5.74, 6) is 0.574. The van der Waals surface area contributed by atoms with Crippen molar-refractivity contribution in [1.82, 2.24) is 9.97 Å². The highest BCUT2D eigenvalue weighted by Gasteiger charge is 2.50. The molecule has 2 aliphatic rings. The summed E-state index contributed by atoms with van der Waals surface area (Å²) >= 11 is 7.65. The molecule has 2 unspecified atom stereocenters. The van der Waals surface area contributed by atoms with Gasteiger partial charge in [0.25, 0.3) is 0 Å². The standard InChI is InChI=1S/C21H28ClN3O2S/c1-11(2)27-18(26)15-12(3)14-16(23-19(22)24-17(14)28-15)25-10-21(6)8-13(25)7-20(4,5)9-21/h11,13H,7-10H2,1-6H3. The molecule has 2 aromatic heterocycles. The number of halogens is 1. The molecular formula is C21H28ClN3O2S. The van der Waals surface area contributed by atoms with Crippen molar-refractivity contribution in [2.75, 3.05) is 11.4 Å². The number of hydrogen-bond acceptors (Lipinski definition) is 6. The molecule has 3 heterocycles. The fraction of sp³-hybridized carbons (Fsp3) is 0.667. The number of aryl methyl sites for hydroxylation is 1. The van der Waals surface area contributed by atoms with Gasteiger partial charge in [-0.2, -0.15) is 4.98 Å². The second kappa shape index (κ2) is 6.56. The van der Waals surface area contributed by atoms with Gasteiger partial charge in [0.05, 0.1) is 11.5 Å². The Kier molecular flexibility index (Phi) is 4.66. The van der Waals surface area contributed by atoms with Crippen LogP contribution in [-0.2, 0) is 4.74 Å². The maximum absolute atomic E-state index is 12.6. The van der Waals surface area contributed by atoms with Gasteiger partial charge in [0.1, 0.15) is 15.5 Å². The van der Waals surface area contributed by atoms with Gasteiger partial charge in [0.15, 0.2) is 0 Å². The Morgan fingerprint density at radius 2 is 2.00 bits per heavy atom. The van der Waals surface area contributed by atoms with Gasteiger partial charge in [-0.1, -0.05) is 20.8 Å². The van der Waals surface area contributed by atoms with Crippen LogP contribution in [0.2, 0.25) is 5.28 Å². The van der Waals surface area contributed by atoms with Gasteiger partial charge in [-0.05, 0) is 68.0 Å². The van der Waals surface area contributed by atoms with Crippen molar-refractivity contribution in [2.24, 2.45) is 10.8 Å². The molecule has 1 aliphatic heterocycles. The number of fused-ring (bicyclic) bond motifs is 3. The minimum absolute atomic E-state index is 0.161. The Bertz CT molecular complexity index is 955. The van der Waals surface area contributed by atoms with Crippen LogP contribution in [0.3, 0.4) is 0 Å². The lowest BCUT2D eigenvalue weighted by atomic mass is 9.65. The lowest BCUT2D eigenvalue weighted by Crippen LogP contribution is -2.35. The van der Waals surface area contributed by atoms with E-state index in [4.69, 9.17) is 16.3 Å². The number of ether oxygens (including phenoxy) is 1. The fourth-order valence-electron chi connectivity index (χ4n) is 5.47. The zero-order valence-corrected chi connectivity index (χ0v) is 19.0. The molecule has 2 bridgehead atoms. The van der Waals surface area contributed by atoms with Crippen LogP contribution in [-0.4, -0.2) is 34.6 Å². The minimum atomic E-state index is -0.300. The maximum atomic E-state index is 12.6. The zero-order valence-electron chi connectivity index (χ0n) is 17.4. The van der Waals surface area contributed by atoms with Crippen molar-refractivity contribution in [2.45, 2.75) is 73.0 Å². The van der Waals surface area contributed by atoms with Gasteiger partial charge < -0.3 is 9.64 Å². The first kappa shape index (κ1) is 19.9. The quantitative estimate of drug-likeness (QED) is 0.475. The van der Waals surface area contributed by atoms with Crippen molar-refractivity contribution in [1.29, 1.82) is 0 Å². The van der Waals surface area contributed by atoms with Crippen LogP contribution in [0.25, 0.3) is 10.2 Å². The molecule has 7 heteroatoms. The molecule has 0 radical (unpaired) electrons. The monoisotopic (exact) mass is 421 g/mol. The highest BCUT2D eigenvalue weighted by molar-refractivity contribution is 7.20. The van der Waals surface area contributed by atoms with E-state index in [1.165, 1.54) is 24.2 Å². The molecule has 2 aromatic rings. The number of carbonyl (C=O) groups excluding carboxylic acids is 1. The van der Waals surface area contributed by atoms with E-state index < -0.39 is 0 Å². The highest BCUT2D eigenvalue weighted by Crippen LogP contribution is 2.54. The molecule has 0 aromatic carbocycles. The fourth-order valence-corrected chi connectivity index (χ4v) is 6.74. The number of nitrogens with zero attached hydrogens (tertiary/aromatic N) is 3. The third kappa shape index (κ3) is 3.39. The summed E-state index contributed by atoms with van der Waals surface area (Å²) in [5, 5.41) is 1.18. The molecule has 0 amide bonds. The third-order valence-electron chi connectivity index (χ3n) is 5.96. The minimum Gasteiger partial charge on any atom is -0.459 e. The number of anilines is 1. The number of carbonyl (C=O) groups is 1. The molecule has 1 saturated carbocycles. The number of esters is 1. The summed E-state index contributed by atoms with van der Waals surface area (Å²) in [5.41, 5.74) is 1.49. The summed E-state index contributed by atoms with van der Waals surface area (Å²) in [6.45, 7) is 13.7. The maximum Gasteiger partial charge on any atom is 0.348 e. The molecule has 2 atom stereocenters. The Hall–Kier alpha value is -1.40. The van der Waals surface area contributed by atoms with Crippen molar-refractivity contribution in [3.63, 3.8) is 0 Å². The van der Waals surface area contributed by atoms with Crippen molar-refractivity contribution < 1.29 is 9.53 Å². The van der Waals surface area contributed by atoms with Gasteiger partial charge in [0, 0.05) is 12.6 Å². The highest BCUT2D eigenvalue weighted by atomic mass is 35.5. The zero-order chi connectivity index (χ0) is 20.4. The van der Waals surface area contributed by atoms with E-state index in [-0.39, 0.29) is 22.8 Å². The first-order chi connectivity index (χ1) is 13.0. The van der Waals surface area contributed by atoms with E-state index in [0.717, 1.165) is 34.6 Å². The third-order valence-corrected chi connectivity index (χ3v) is 7.29. The number of thiophene rings is 1. The lowest BCUT2D eigenvalue weighted by Gasteiger charge is -2.39. The second-order valence-corrected chi connectivity index (χ2v) is 11.2. The van der Waals surface area contributed by atoms with E-state index in [2.05, 4.69) is 35.6 Å². The van der Waals surface area contributed by atoms with Crippen LogP contribution in [0.15, 0.2) is 0 Å². The SMILES string of the molecule is Cc1c(C(=O)OC(C)C)sc2nc(Cl)nc(N3CC4(C)CC3CC(C)(C)C4)c12. The molecule has 152 valence electrons. The predicted octanol–water partition coefficient (Wildman–Crippen LogP) is 5.62. The molecule has 0 N–H and O–H groups in total. The summed E-state index contributed by atoms with van der Waals surface area (Å²) in [4.78, 5) is 25.4. The summed E-state index contributed by atoms with van der Waals surface area (Å²) in [6, 6.07) is 0.438. The summed E-state index contributed by atoms with van der Waals surface area (Å²) in [6.07, 6.45) is 3.36. The molecular weight excluding hydrogens is 394 g/mol. The average molecular weight is 422 g/mol. The van der Waals surface area contributed by atoms with Crippen LogP contribution in [0, 0.1) is 17.8 Å². The molecule has 1 saturated heterocycles. The topological polar surface area (TPSA) is 55.3 Å². The smallest absolute Gasteiger partial charge is 0.348 e. The van der Waals surface area contributed by atoms with Gasteiger partial charge in [-0.15, -0.1) is 11.3 Å². The van der Waals surface area contributed by atoms with Crippen LogP contribution in [0.4, 0.5) is 5.82 Å². The predicted molar refractivity (Wildman–Crippen MR) is 115 cm³/mol.